The van der Waals surface area contributed by atoms with Crippen LogP contribution in [0.4, 0.5) is 0 Å². The number of hydrogen-bond donors (Lipinski definition) is 2. The summed E-state index contributed by atoms with van der Waals surface area (Å²) in [6.45, 7) is 1.26. The molecule has 2 atom stereocenters. The summed E-state index contributed by atoms with van der Waals surface area (Å²) in [7, 11) is 1.10. The van der Waals surface area contributed by atoms with Gasteiger partial charge in [0, 0.05) is 5.92 Å². The van der Waals surface area contributed by atoms with Crippen LogP contribution in [0.2, 0.25) is 0 Å². The third-order valence-corrected chi connectivity index (χ3v) is 4.86. The number of nitrogens with two attached hydrogens (primary N) is 1. The summed E-state index contributed by atoms with van der Waals surface area (Å²) >= 11 is 0. The number of ether oxygens (including phenoxy) is 2. The third kappa shape index (κ3) is 2.77. The molecule has 2 aromatic rings. The Labute approximate surface area is 151 Å². The molecule has 0 fully saturated rings. The highest BCUT2D eigenvalue weighted by Gasteiger charge is 2.50. The number of carbonyl (C=O) groups excluding carboxylic acids is 2. The fraction of sp³-hybridized carbons (Fsp3) is 0.300. The number of esters is 2. The van der Waals surface area contributed by atoms with E-state index < -0.39 is 23.6 Å². The first-order valence-electron chi connectivity index (χ1n) is 8.32. The molecule has 0 aliphatic heterocycles. The molecule has 3 N–H and O–H groups in total. The lowest BCUT2D eigenvalue weighted by Gasteiger charge is -2.27. The Bertz CT molecular complexity index is 802. The Morgan fingerprint density at radius 2 is 1.58 bits per heavy atom. The molecule has 0 saturated heterocycles. The van der Waals surface area contributed by atoms with Gasteiger partial charge < -0.3 is 20.3 Å². The largest absolute Gasteiger partial charge is 0.467 e. The number of hydrogen-bond acceptors (Lipinski definition) is 6. The number of carbonyl (C=O) groups is 2. The molecule has 0 bridgehead atoms. The van der Waals surface area contributed by atoms with Gasteiger partial charge in [0.05, 0.1) is 13.2 Å². The SMILES string of the molecule is COC(=O)[C@](N)(C(=O)OCC1c2ccccc2-c2ccccc21)[C@H](C)O. The van der Waals surface area contributed by atoms with E-state index in [4.69, 9.17) is 10.5 Å². The lowest BCUT2D eigenvalue weighted by atomic mass is 9.94. The maximum absolute atomic E-state index is 12.5. The molecule has 0 saturated carbocycles. The van der Waals surface area contributed by atoms with Crippen LogP contribution in [0.1, 0.15) is 24.0 Å². The van der Waals surface area contributed by atoms with Crippen molar-refractivity contribution in [1.29, 1.82) is 0 Å². The van der Waals surface area contributed by atoms with Crippen LogP contribution in [0.3, 0.4) is 0 Å². The van der Waals surface area contributed by atoms with Gasteiger partial charge in [-0.25, -0.2) is 9.59 Å². The average molecular weight is 355 g/mol. The molecule has 1 aliphatic carbocycles. The third-order valence-electron chi connectivity index (χ3n) is 4.86. The molecule has 0 radical (unpaired) electrons. The van der Waals surface area contributed by atoms with Gasteiger partial charge in [-0.1, -0.05) is 48.5 Å². The molecule has 0 amide bonds. The molecule has 26 heavy (non-hydrogen) atoms. The monoisotopic (exact) mass is 355 g/mol. The van der Waals surface area contributed by atoms with Crippen molar-refractivity contribution in [2.24, 2.45) is 5.73 Å². The smallest absolute Gasteiger partial charge is 0.340 e. The van der Waals surface area contributed by atoms with E-state index in [9.17, 15) is 14.7 Å². The Hall–Kier alpha value is -2.70. The minimum absolute atomic E-state index is 0.00945. The Morgan fingerprint density at radius 3 is 2.04 bits per heavy atom. The second-order valence-corrected chi connectivity index (χ2v) is 6.36. The van der Waals surface area contributed by atoms with Gasteiger partial charge in [-0.15, -0.1) is 0 Å². The van der Waals surface area contributed by atoms with E-state index >= 15 is 0 Å². The van der Waals surface area contributed by atoms with Gasteiger partial charge in [-0.3, -0.25) is 0 Å². The first-order valence-corrected chi connectivity index (χ1v) is 8.32. The Morgan fingerprint density at radius 1 is 1.08 bits per heavy atom. The van der Waals surface area contributed by atoms with E-state index in [0.29, 0.717) is 0 Å². The molecule has 0 aromatic heterocycles. The first-order chi connectivity index (χ1) is 12.4. The maximum atomic E-state index is 12.5. The normalized spacial score (nSPS) is 16.2. The van der Waals surface area contributed by atoms with E-state index in [1.807, 2.05) is 48.5 Å². The van der Waals surface area contributed by atoms with Crippen molar-refractivity contribution in [3.8, 4) is 11.1 Å². The van der Waals surface area contributed by atoms with Crippen LogP contribution in [0.5, 0.6) is 0 Å². The van der Waals surface area contributed by atoms with Crippen LogP contribution in [-0.2, 0) is 19.1 Å². The summed E-state index contributed by atoms with van der Waals surface area (Å²) in [6, 6.07) is 15.8. The van der Waals surface area contributed by atoms with E-state index in [1.165, 1.54) is 6.92 Å². The summed E-state index contributed by atoms with van der Waals surface area (Å²) in [5, 5.41) is 9.82. The molecule has 0 spiro atoms. The van der Waals surface area contributed by atoms with E-state index in [-0.39, 0.29) is 12.5 Å². The summed E-state index contributed by atoms with van der Waals surface area (Å²) < 4.78 is 9.92. The van der Waals surface area contributed by atoms with Crippen molar-refractivity contribution in [2.75, 3.05) is 13.7 Å². The van der Waals surface area contributed by atoms with Crippen LogP contribution >= 0.6 is 0 Å². The highest BCUT2D eigenvalue weighted by molar-refractivity contribution is 6.05. The topological polar surface area (TPSA) is 98.9 Å². The van der Waals surface area contributed by atoms with Gasteiger partial charge in [0.1, 0.15) is 6.61 Å². The number of methoxy groups -OCH3 is 1. The number of aliphatic hydroxyl groups is 1. The first kappa shape index (κ1) is 18.1. The van der Waals surface area contributed by atoms with E-state index in [1.54, 1.807) is 0 Å². The number of aliphatic hydroxyl groups excluding tert-OH is 1. The zero-order chi connectivity index (χ0) is 18.9. The van der Waals surface area contributed by atoms with Gasteiger partial charge in [0.2, 0.25) is 5.54 Å². The molecule has 136 valence electrons. The highest BCUT2D eigenvalue weighted by atomic mass is 16.6. The lowest BCUT2D eigenvalue weighted by Crippen LogP contribution is -2.63. The molecule has 6 nitrogen and oxygen atoms in total. The van der Waals surface area contributed by atoms with Crippen LogP contribution in [0.25, 0.3) is 11.1 Å². The van der Waals surface area contributed by atoms with E-state index in [0.717, 1.165) is 29.4 Å². The van der Waals surface area contributed by atoms with Gasteiger partial charge in [-0.05, 0) is 29.2 Å². The minimum atomic E-state index is -2.26. The van der Waals surface area contributed by atoms with Crippen molar-refractivity contribution in [3.05, 3.63) is 59.7 Å². The van der Waals surface area contributed by atoms with Gasteiger partial charge in [-0.2, -0.15) is 0 Å². The van der Waals surface area contributed by atoms with Crippen molar-refractivity contribution in [3.63, 3.8) is 0 Å². The zero-order valence-corrected chi connectivity index (χ0v) is 14.6. The molecule has 2 aromatic carbocycles. The quantitative estimate of drug-likeness (QED) is 0.624. The summed E-state index contributed by atoms with van der Waals surface area (Å²) in [5.41, 5.74) is 7.82. The molecule has 0 unspecified atom stereocenters. The fourth-order valence-corrected chi connectivity index (χ4v) is 3.31. The number of fused-ring (bicyclic) bond motifs is 3. The second-order valence-electron chi connectivity index (χ2n) is 6.36. The Kier molecular flexibility index (Phi) is 4.80. The molecular weight excluding hydrogens is 334 g/mol. The average Bonchev–Trinajstić information content (AvgIpc) is 2.98. The lowest BCUT2D eigenvalue weighted by molar-refractivity contribution is -0.168. The molecule has 3 rings (SSSR count). The van der Waals surface area contributed by atoms with Crippen molar-refractivity contribution >= 4 is 11.9 Å². The molecule has 1 aliphatic rings. The zero-order valence-electron chi connectivity index (χ0n) is 14.6. The highest BCUT2D eigenvalue weighted by Crippen LogP contribution is 2.44. The number of benzene rings is 2. The van der Waals surface area contributed by atoms with Crippen LogP contribution in [-0.4, -0.2) is 42.4 Å². The van der Waals surface area contributed by atoms with Crippen molar-refractivity contribution in [1.82, 2.24) is 0 Å². The van der Waals surface area contributed by atoms with Crippen LogP contribution in [0, 0.1) is 0 Å². The fourth-order valence-electron chi connectivity index (χ4n) is 3.31. The minimum Gasteiger partial charge on any atom is -0.467 e. The van der Waals surface area contributed by atoms with Gasteiger partial charge in [0.15, 0.2) is 0 Å². The van der Waals surface area contributed by atoms with Crippen LogP contribution in [0.15, 0.2) is 48.5 Å². The van der Waals surface area contributed by atoms with Gasteiger partial charge >= 0.3 is 11.9 Å². The standard InChI is InChI=1S/C20H21NO5/c1-12(22)20(21,18(23)25-2)19(24)26-11-17-15-9-5-3-7-13(15)14-8-4-6-10-16(14)17/h3-10,12,17,22H,11,21H2,1-2H3/t12-,20-/m0/s1. The summed E-state index contributed by atoms with van der Waals surface area (Å²) in [4.78, 5) is 24.4. The molecule has 0 heterocycles. The van der Waals surface area contributed by atoms with E-state index in [2.05, 4.69) is 4.74 Å². The Balaban J connectivity index is 1.86. The summed E-state index contributed by atoms with van der Waals surface area (Å²) in [6.07, 6.45) is -1.45. The van der Waals surface area contributed by atoms with Crippen molar-refractivity contribution < 1.29 is 24.2 Å². The van der Waals surface area contributed by atoms with Gasteiger partial charge in [0.25, 0.3) is 0 Å². The maximum Gasteiger partial charge on any atom is 0.340 e. The summed E-state index contributed by atoms with van der Waals surface area (Å²) in [5.74, 6) is -2.21. The molecular formula is C20H21NO5. The molecule has 6 heteroatoms. The van der Waals surface area contributed by atoms with Crippen molar-refractivity contribution in [2.45, 2.75) is 24.5 Å². The van der Waals surface area contributed by atoms with Crippen LogP contribution < -0.4 is 5.73 Å². The number of rotatable bonds is 5. The second kappa shape index (κ2) is 6.90. The predicted molar refractivity (Wildman–Crippen MR) is 95.3 cm³/mol. The predicted octanol–water partition coefficient (Wildman–Crippen LogP) is 1.59.